The molecular formula is C31H30O10PRh. The van der Waals surface area contributed by atoms with E-state index < -0.39 is 44.1 Å². The van der Waals surface area contributed by atoms with E-state index in [1.54, 1.807) is 0 Å². The maximum absolute atomic E-state index is 12.2. The molecule has 0 aliphatic heterocycles. The summed E-state index contributed by atoms with van der Waals surface area (Å²) in [5.74, 6) is -5.06. The molecule has 12 heteroatoms. The van der Waals surface area contributed by atoms with Crippen molar-refractivity contribution < 1.29 is 68.4 Å². The van der Waals surface area contributed by atoms with E-state index in [9.17, 15) is 48.9 Å². The minimum atomic E-state index is -2.34. The molecule has 10 nitrogen and oxygen atoms in total. The molecule has 43 heavy (non-hydrogen) atoms. The Bertz CT molecular complexity index is 1220. The van der Waals surface area contributed by atoms with Gasteiger partial charge < -0.3 is 29.7 Å². The molecule has 0 aromatic heterocycles. The Hall–Kier alpha value is -4.29. The Kier molecular flexibility index (Phi) is 21.2. The molecule has 0 fully saturated rings. The number of Topliss-reactive ketones (excluding diaryl/α,β-unsaturated/α-hetero) is 3. The Morgan fingerprint density at radius 2 is 0.721 bits per heavy atom. The fraction of sp³-hybridized carbons (Fsp3) is 0.194. The summed E-state index contributed by atoms with van der Waals surface area (Å²) < 4.78 is 0. The van der Waals surface area contributed by atoms with Crippen LogP contribution < -0.4 is 31.2 Å². The number of hydrogen-bond acceptors (Lipinski definition) is 10. The summed E-state index contributed by atoms with van der Waals surface area (Å²) in [4.78, 5) is 70.1. The monoisotopic (exact) mass is 696 g/mol. The summed E-state index contributed by atoms with van der Waals surface area (Å²) in [6.45, 7) is 1.27. The summed E-state index contributed by atoms with van der Waals surface area (Å²) in [6, 6.07) is 29.9. The Balaban J connectivity index is 0. The molecule has 0 aliphatic rings. The molecule has 0 unspecified atom stereocenters. The minimum absolute atomic E-state index is 0. The van der Waals surface area contributed by atoms with Gasteiger partial charge in [-0.2, -0.15) is 0 Å². The van der Waals surface area contributed by atoms with Crippen LogP contribution in [-0.4, -0.2) is 40.9 Å². The normalized spacial score (nSPS) is 9.28. The molecule has 0 atom stereocenters. The van der Waals surface area contributed by atoms with Crippen molar-refractivity contribution in [2.75, 3.05) is 0 Å². The number of carbonyl (C=O) groups excluding carboxylic acids is 7. The SMILES string of the molecule is CC(=O)CC(=O)[O-].CC(=O)CC(=O)[O-].CC(=O)CC(=O)[O-].O=C=P(c1ccccc1)(c1ccccc1)c1ccccc1.[Rh+3]. The van der Waals surface area contributed by atoms with Crippen LogP contribution >= 0.6 is 6.89 Å². The van der Waals surface area contributed by atoms with Gasteiger partial charge in [-0.15, -0.1) is 0 Å². The van der Waals surface area contributed by atoms with Gasteiger partial charge in [0.2, 0.25) is 0 Å². The zero-order chi connectivity index (χ0) is 32.1. The first-order valence-corrected chi connectivity index (χ1v) is 14.1. The molecule has 3 aromatic carbocycles. The summed E-state index contributed by atoms with van der Waals surface area (Å²) in [7, 11) is 0. The third-order valence-corrected chi connectivity index (χ3v) is 8.24. The van der Waals surface area contributed by atoms with Gasteiger partial charge in [-0.05, 0) is 36.7 Å². The van der Waals surface area contributed by atoms with Gasteiger partial charge in [-0.1, -0.05) is 91.0 Å². The van der Waals surface area contributed by atoms with E-state index in [1.165, 1.54) is 20.8 Å². The molecule has 0 saturated carbocycles. The van der Waals surface area contributed by atoms with Gasteiger partial charge in [-0.25, -0.2) is 4.79 Å². The second-order valence-corrected chi connectivity index (χ2v) is 11.6. The van der Waals surface area contributed by atoms with Crippen molar-refractivity contribution >= 4 is 63.7 Å². The number of ketones is 3. The van der Waals surface area contributed by atoms with Crippen molar-refractivity contribution in [1.29, 1.82) is 0 Å². The van der Waals surface area contributed by atoms with E-state index in [4.69, 9.17) is 0 Å². The zero-order valence-electron chi connectivity index (χ0n) is 23.6. The zero-order valence-corrected chi connectivity index (χ0v) is 26.2. The number of carboxylic acids is 3. The first kappa shape index (κ1) is 40.9. The van der Waals surface area contributed by atoms with Crippen LogP contribution in [0, 0.1) is 0 Å². The number of aliphatic carboxylic acids is 3. The van der Waals surface area contributed by atoms with E-state index in [0.29, 0.717) is 0 Å². The summed E-state index contributed by atoms with van der Waals surface area (Å²) >= 11 is 0. The first-order valence-electron chi connectivity index (χ1n) is 12.3. The van der Waals surface area contributed by atoms with Crippen molar-refractivity contribution in [3.63, 3.8) is 0 Å². The van der Waals surface area contributed by atoms with E-state index in [-0.39, 0.29) is 36.8 Å². The number of benzene rings is 3. The Morgan fingerprint density at radius 3 is 0.837 bits per heavy atom. The van der Waals surface area contributed by atoms with Crippen molar-refractivity contribution in [2.45, 2.75) is 40.0 Å². The predicted molar refractivity (Wildman–Crippen MR) is 152 cm³/mol. The van der Waals surface area contributed by atoms with Gasteiger partial charge in [-0.3, -0.25) is 14.4 Å². The summed E-state index contributed by atoms with van der Waals surface area (Å²) in [5.41, 5.74) is 2.43. The van der Waals surface area contributed by atoms with Gasteiger partial charge in [0.05, 0.1) is 6.89 Å². The molecule has 0 radical (unpaired) electrons. The van der Waals surface area contributed by atoms with Crippen LogP contribution in [0.3, 0.4) is 0 Å². The van der Waals surface area contributed by atoms with Crippen LogP contribution in [-0.2, 0) is 53.0 Å². The topological polar surface area (TPSA) is 189 Å². The largest absolute Gasteiger partial charge is 3.00 e. The Labute approximate surface area is 262 Å². The van der Waals surface area contributed by atoms with Crippen molar-refractivity contribution in [2.24, 2.45) is 0 Å². The summed E-state index contributed by atoms with van der Waals surface area (Å²) in [6.07, 6.45) is -1.42. The average molecular weight is 696 g/mol. The molecule has 0 amide bonds. The molecule has 3 aromatic rings. The molecule has 0 spiro atoms. The molecule has 0 aliphatic carbocycles. The molecule has 0 heterocycles. The standard InChI is InChI=1S/C19H15OP.3C4H6O3.Rh/c20-16-21(17-10-4-1-5-11-17,18-12-6-2-7-13-18)19-14-8-3-9-15-19;3*1-3(5)2-4(6)7;/h1-15H;3*2H2,1H3,(H,6,7);/q;;;;+3/p-3. The second-order valence-electron chi connectivity index (χ2n) is 8.52. The van der Waals surface area contributed by atoms with Crippen LogP contribution in [0.5, 0.6) is 0 Å². The van der Waals surface area contributed by atoms with Crippen LogP contribution in [0.15, 0.2) is 91.0 Å². The third kappa shape index (κ3) is 17.3. The van der Waals surface area contributed by atoms with Gasteiger partial charge in [0.1, 0.15) is 23.0 Å². The fourth-order valence-corrected chi connectivity index (χ4v) is 6.24. The van der Waals surface area contributed by atoms with Gasteiger partial charge in [0.15, 0.2) is 0 Å². The first-order chi connectivity index (χ1) is 19.8. The number of rotatable bonds is 9. The smallest absolute Gasteiger partial charge is 0.550 e. The van der Waals surface area contributed by atoms with E-state index in [1.807, 2.05) is 91.0 Å². The third-order valence-electron chi connectivity index (χ3n) is 4.75. The van der Waals surface area contributed by atoms with E-state index in [0.717, 1.165) is 15.9 Å². The van der Waals surface area contributed by atoms with Crippen molar-refractivity contribution in [1.82, 2.24) is 0 Å². The van der Waals surface area contributed by atoms with E-state index in [2.05, 4.69) is 5.66 Å². The molecule has 0 saturated heterocycles. The molecule has 0 N–H and O–H groups in total. The summed E-state index contributed by atoms with van der Waals surface area (Å²) in [5, 5.41) is 31.6. The van der Waals surface area contributed by atoms with Crippen LogP contribution in [0.1, 0.15) is 40.0 Å². The molecular weight excluding hydrogens is 666 g/mol. The van der Waals surface area contributed by atoms with Crippen molar-refractivity contribution in [3.05, 3.63) is 91.0 Å². The molecule has 0 bridgehead atoms. The van der Waals surface area contributed by atoms with Crippen LogP contribution in [0.4, 0.5) is 0 Å². The average Bonchev–Trinajstić information content (AvgIpc) is 2.90. The maximum atomic E-state index is 12.2. The van der Waals surface area contributed by atoms with E-state index >= 15 is 0 Å². The minimum Gasteiger partial charge on any atom is -0.550 e. The van der Waals surface area contributed by atoms with Gasteiger partial charge in [0.25, 0.3) is 0 Å². The van der Waals surface area contributed by atoms with Crippen molar-refractivity contribution in [3.8, 4) is 0 Å². The van der Waals surface area contributed by atoms with Crippen LogP contribution in [0.25, 0.3) is 0 Å². The van der Waals surface area contributed by atoms with Gasteiger partial charge in [0, 0.05) is 37.2 Å². The van der Waals surface area contributed by atoms with Crippen LogP contribution in [0.2, 0.25) is 0 Å². The maximum Gasteiger partial charge on any atom is 3.00 e. The second kappa shape index (κ2) is 22.3. The Morgan fingerprint density at radius 1 is 0.512 bits per heavy atom. The number of carbonyl (C=O) groups is 6. The fourth-order valence-electron chi connectivity index (χ4n) is 3.17. The van der Waals surface area contributed by atoms with Gasteiger partial charge >= 0.3 is 19.5 Å². The number of carboxylic acid groups (broad SMARTS) is 3. The molecule has 228 valence electrons. The predicted octanol–water partition coefficient (Wildman–Crippen LogP) is -0.809. The quantitative estimate of drug-likeness (QED) is 0.156. The molecule has 3 rings (SSSR count). The number of hydrogen-bond donors (Lipinski definition) is 0.